The van der Waals surface area contributed by atoms with Gasteiger partial charge in [0.25, 0.3) is 0 Å². The van der Waals surface area contributed by atoms with E-state index in [4.69, 9.17) is 5.53 Å². The zero-order chi connectivity index (χ0) is 7.23. The van der Waals surface area contributed by atoms with Gasteiger partial charge in [-0.15, -0.1) is 0 Å². The summed E-state index contributed by atoms with van der Waals surface area (Å²) in [7, 11) is 0. The van der Waals surface area contributed by atoms with Gasteiger partial charge in [0.15, 0.2) is 0 Å². The van der Waals surface area contributed by atoms with E-state index in [2.05, 4.69) is 20.0 Å². The summed E-state index contributed by atoms with van der Waals surface area (Å²) in [6, 6.07) is 0. The Morgan fingerprint density at radius 1 is 1.80 bits per heavy atom. The van der Waals surface area contributed by atoms with E-state index in [1.54, 1.807) is 12.5 Å². The number of aromatic nitrogens is 2. The minimum absolute atomic E-state index is 0.474. The minimum atomic E-state index is 0.474. The molecule has 10 heavy (non-hydrogen) atoms. The smallest absolute Gasteiger partial charge is 0.0923 e. The van der Waals surface area contributed by atoms with Crippen LogP contribution in [0.25, 0.3) is 10.4 Å². The molecule has 0 aliphatic heterocycles. The molecule has 0 aliphatic rings. The Balaban J connectivity index is 2.34. The minimum Gasteiger partial charge on any atom is -0.351 e. The molecule has 1 aromatic heterocycles. The number of nitrogens with one attached hydrogen (secondary N) is 1. The second-order valence-electron chi connectivity index (χ2n) is 1.77. The SMILES string of the molecule is [N-]=[N+]=NCCc1c[nH]cn1. The van der Waals surface area contributed by atoms with Crippen molar-refractivity contribution in [3.8, 4) is 0 Å². The van der Waals surface area contributed by atoms with Crippen LogP contribution in [0.1, 0.15) is 5.69 Å². The summed E-state index contributed by atoms with van der Waals surface area (Å²) in [5, 5.41) is 3.37. The number of azide groups is 1. The lowest BCUT2D eigenvalue weighted by atomic mass is 10.3. The van der Waals surface area contributed by atoms with Crippen LogP contribution in [-0.4, -0.2) is 16.5 Å². The van der Waals surface area contributed by atoms with Crippen LogP contribution in [0.3, 0.4) is 0 Å². The number of H-pyrrole nitrogens is 1. The summed E-state index contributed by atoms with van der Waals surface area (Å²) in [5.74, 6) is 0. The number of hydrogen-bond acceptors (Lipinski definition) is 2. The van der Waals surface area contributed by atoms with Crippen molar-refractivity contribution < 1.29 is 0 Å². The molecule has 5 nitrogen and oxygen atoms in total. The van der Waals surface area contributed by atoms with Crippen LogP contribution in [-0.2, 0) is 6.42 Å². The van der Waals surface area contributed by atoms with Crippen molar-refractivity contribution in [1.29, 1.82) is 0 Å². The molecule has 1 heterocycles. The molecule has 52 valence electrons. The second-order valence-corrected chi connectivity index (χ2v) is 1.77. The van der Waals surface area contributed by atoms with Gasteiger partial charge in [0.2, 0.25) is 0 Å². The molecule has 0 saturated heterocycles. The molecule has 0 atom stereocenters. The molecular formula is C5H7N5. The Labute approximate surface area is 57.7 Å². The van der Waals surface area contributed by atoms with Gasteiger partial charge in [0.05, 0.1) is 12.0 Å². The average Bonchev–Trinajstić information content (AvgIpc) is 2.41. The first kappa shape index (κ1) is 6.64. The molecule has 1 N–H and O–H groups in total. The van der Waals surface area contributed by atoms with E-state index in [0.717, 1.165) is 5.69 Å². The summed E-state index contributed by atoms with van der Waals surface area (Å²) in [6.45, 7) is 0.474. The number of hydrogen-bond donors (Lipinski definition) is 1. The third kappa shape index (κ3) is 1.80. The molecule has 0 unspecified atom stereocenters. The first-order chi connectivity index (χ1) is 4.93. The highest BCUT2D eigenvalue weighted by Crippen LogP contribution is 1.91. The Kier molecular flexibility index (Phi) is 2.34. The number of imidazole rings is 1. The van der Waals surface area contributed by atoms with Crippen LogP contribution in [0.2, 0.25) is 0 Å². The van der Waals surface area contributed by atoms with Crippen molar-refractivity contribution >= 4 is 0 Å². The molecule has 5 heteroatoms. The standard InChI is InChI=1S/C5H7N5/c6-10-9-2-1-5-3-7-4-8-5/h3-4H,1-2H2,(H,7,8). The third-order valence-electron chi connectivity index (χ3n) is 1.09. The van der Waals surface area contributed by atoms with Gasteiger partial charge in [0.1, 0.15) is 0 Å². The highest BCUT2D eigenvalue weighted by Gasteiger charge is 1.90. The predicted octanol–water partition coefficient (Wildman–Crippen LogP) is 1.26. The van der Waals surface area contributed by atoms with E-state index < -0.39 is 0 Å². The zero-order valence-corrected chi connectivity index (χ0v) is 5.36. The van der Waals surface area contributed by atoms with E-state index >= 15 is 0 Å². The van der Waals surface area contributed by atoms with E-state index in [0.29, 0.717) is 13.0 Å². The summed E-state index contributed by atoms with van der Waals surface area (Å²) < 4.78 is 0. The Morgan fingerprint density at radius 2 is 2.70 bits per heavy atom. The average molecular weight is 137 g/mol. The molecule has 0 saturated carbocycles. The molecule has 0 aliphatic carbocycles. The monoisotopic (exact) mass is 137 g/mol. The Bertz CT molecular complexity index is 220. The van der Waals surface area contributed by atoms with Gasteiger partial charge in [-0.3, -0.25) is 0 Å². The van der Waals surface area contributed by atoms with Crippen molar-refractivity contribution in [2.24, 2.45) is 5.11 Å². The first-order valence-electron chi connectivity index (χ1n) is 2.92. The lowest BCUT2D eigenvalue weighted by molar-refractivity contribution is 0.925. The van der Waals surface area contributed by atoms with Crippen molar-refractivity contribution in [2.45, 2.75) is 6.42 Å². The van der Waals surface area contributed by atoms with Crippen LogP contribution < -0.4 is 0 Å². The van der Waals surface area contributed by atoms with Crippen molar-refractivity contribution in [3.63, 3.8) is 0 Å². The molecular weight excluding hydrogens is 130 g/mol. The quantitative estimate of drug-likeness (QED) is 0.380. The van der Waals surface area contributed by atoms with Crippen molar-refractivity contribution in [2.75, 3.05) is 6.54 Å². The van der Waals surface area contributed by atoms with Crippen molar-refractivity contribution in [3.05, 3.63) is 28.7 Å². The molecule has 1 rings (SSSR count). The third-order valence-corrected chi connectivity index (χ3v) is 1.09. The first-order valence-corrected chi connectivity index (χ1v) is 2.92. The highest BCUT2D eigenvalue weighted by atomic mass is 15.1. The second kappa shape index (κ2) is 3.53. The summed E-state index contributed by atoms with van der Waals surface area (Å²) in [5.41, 5.74) is 8.85. The molecule has 0 bridgehead atoms. The lowest BCUT2D eigenvalue weighted by Gasteiger charge is -1.85. The lowest BCUT2D eigenvalue weighted by Crippen LogP contribution is -1.86. The van der Waals surface area contributed by atoms with E-state index in [-0.39, 0.29) is 0 Å². The molecule has 0 amide bonds. The van der Waals surface area contributed by atoms with E-state index in [9.17, 15) is 0 Å². The molecule has 0 aromatic carbocycles. The number of nitrogens with zero attached hydrogens (tertiary/aromatic N) is 4. The fraction of sp³-hybridized carbons (Fsp3) is 0.400. The maximum absolute atomic E-state index is 7.92. The molecule has 0 spiro atoms. The number of aromatic amines is 1. The summed E-state index contributed by atoms with van der Waals surface area (Å²) >= 11 is 0. The number of rotatable bonds is 3. The van der Waals surface area contributed by atoms with Crippen molar-refractivity contribution in [1.82, 2.24) is 9.97 Å². The molecule has 0 fully saturated rings. The predicted molar refractivity (Wildman–Crippen MR) is 36.3 cm³/mol. The van der Waals surface area contributed by atoms with Crippen LogP contribution >= 0.6 is 0 Å². The Morgan fingerprint density at radius 3 is 3.30 bits per heavy atom. The highest BCUT2D eigenvalue weighted by molar-refractivity contribution is 4.94. The summed E-state index contributed by atoms with van der Waals surface area (Å²) in [4.78, 5) is 9.38. The van der Waals surface area contributed by atoms with Gasteiger partial charge in [-0.05, 0) is 12.0 Å². The van der Waals surface area contributed by atoms with Gasteiger partial charge < -0.3 is 4.98 Å². The molecule has 1 aromatic rings. The van der Waals surface area contributed by atoms with E-state index in [1.807, 2.05) is 0 Å². The van der Waals surface area contributed by atoms with Crippen LogP contribution in [0.4, 0.5) is 0 Å². The molecule has 0 radical (unpaired) electrons. The fourth-order valence-electron chi connectivity index (χ4n) is 0.637. The zero-order valence-electron chi connectivity index (χ0n) is 5.36. The topological polar surface area (TPSA) is 77.4 Å². The van der Waals surface area contributed by atoms with Gasteiger partial charge in [-0.25, -0.2) is 4.98 Å². The van der Waals surface area contributed by atoms with Gasteiger partial charge in [-0.2, -0.15) is 0 Å². The van der Waals surface area contributed by atoms with Crippen LogP contribution in [0, 0.1) is 0 Å². The normalized spacial score (nSPS) is 8.80. The van der Waals surface area contributed by atoms with Crippen LogP contribution in [0.15, 0.2) is 17.6 Å². The summed E-state index contributed by atoms with van der Waals surface area (Å²) in [6.07, 6.45) is 4.09. The maximum Gasteiger partial charge on any atom is 0.0923 e. The Hall–Kier alpha value is -1.48. The fourth-order valence-corrected chi connectivity index (χ4v) is 0.637. The van der Waals surface area contributed by atoms with E-state index in [1.165, 1.54) is 0 Å². The van der Waals surface area contributed by atoms with Gasteiger partial charge in [-0.1, -0.05) is 5.11 Å². The van der Waals surface area contributed by atoms with Crippen LogP contribution in [0.5, 0.6) is 0 Å². The maximum atomic E-state index is 7.92. The largest absolute Gasteiger partial charge is 0.351 e. The van der Waals surface area contributed by atoms with Gasteiger partial charge in [0, 0.05) is 17.7 Å². The van der Waals surface area contributed by atoms with Gasteiger partial charge >= 0.3 is 0 Å².